The van der Waals surface area contributed by atoms with E-state index in [1.807, 2.05) is 4.90 Å². The van der Waals surface area contributed by atoms with Gasteiger partial charge in [-0.15, -0.1) is 0 Å². The molecule has 6 heteroatoms. The molecule has 1 amide bonds. The molecule has 29 heavy (non-hydrogen) atoms. The fraction of sp³-hybridized carbons (Fsp3) is 0.261. The number of halogens is 2. The summed E-state index contributed by atoms with van der Waals surface area (Å²) in [6.07, 6.45) is 1.53. The van der Waals surface area contributed by atoms with Crippen LogP contribution >= 0.6 is 0 Å². The van der Waals surface area contributed by atoms with Crippen LogP contribution in [0, 0.1) is 18.6 Å². The molecule has 4 rings (SSSR count). The molecule has 0 bridgehead atoms. The van der Waals surface area contributed by atoms with E-state index in [2.05, 4.69) is 4.90 Å². The summed E-state index contributed by atoms with van der Waals surface area (Å²) >= 11 is 0. The maximum Gasteiger partial charge on any atom is 0.257 e. The lowest BCUT2D eigenvalue weighted by atomic mass is 9.96. The maximum atomic E-state index is 13.4. The molecule has 2 heterocycles. The lowest BCUT2D eigenvalue weighted by molar-refractivity contribution is 0.0595. The molecule has 0 aliphatic carbocycles. The van der Waals surface area contributed by atoms with Crippen LogP contribution in [0.1, 0.15) is 33.3 Å². The molecule has 0 N–H and O–H groups in total. The summed E-state index contributed by atoms with van der Waals surface area (Å²) in [4.78, 5) is 16.8. The standard InChI is InChI=1S/C23H22F2N2O2/c1-16-21(10-15-29-16)23(28)27-13-11-26(12-14-27)22(17-2-6-19(24)7-3-17)18-4-8-20(25)9-5-18/h2-10,15,22H,11-14H2,1H3. The maximum absolute atomic E-state index is 13.4. The Bertz CT molecular complexity index is 929. The van der Waals surface area contributed by atoms with Crippen molar-refractivity contribution < 1.29 is 18.0 Å². The van der Waals surface area contributed by atoms with Crippen LogP contribution < -0.4 is 0 Å². The minimum atomic E-state index is -0.294. The van der Waals surface area contributed by atoms with Crippen molar-refractivity contribution >= 4 is 5.91 Å². The highest BCUT2D eigenvalue weighted by Crippen LogP contribution is 2.30. The predicted octanol–water partition coefficient (Wildman–Crippen LogP) is 4.41. The minimum absolute atomic E-state index is 0.0315. The van der Waals surface area contributed by atoms with E-state index in [9.17, 15) is 13.6 Å². The van der Waals surface area contributed by atoms with Crippen molar-refractivity contribution in [2.45, 2.75) is 13.0 Å². The summed E-state index contributed by atoms with van der Waals surface area (Å²) in [5.74, 6) is -0.000970. The van der Waals surface area contributed by atoms with Crippen molar-refractivity contribution in [2.24, 2.45) is 0 Å². The molecular formula is C23H22F2N2O2. The third-order valence-electron chi connectivity index (χ3n) is 5.43. The zero-order valence-corrected chi connectivity index (χ0v) is 16.1. The van der Waals surface area contributed by atoms with Gasteiger partial charge in [0.1, 0.15) is 17.4 Å². The lowest BCUT2D eigenvalue weighted by Gasteiger charge is -2.39. The SMILES string of the molecule is Cc1occc1C(=O)N1CCN(C(c2ccc(F)cc2)c2ccc(F)cc2)CC1. The Kier molecular flexibility index (Phi) is 5.45. The van der Waals surface area contributed by atoms with Gasteiger partial charge >= 0.3 is 0 Å². The second-order valence-corrected chi connectivity index (χ2v) is 7.22. The monoisotopic (exact) mass is 396 g/mol. The number of amides is 1. The first-order valence-electron chi connectivity index (χ1n) is 9.61. The Morgan fingerprint density at radius 2 is 1.38 bits per heavy atom. The van der Waals surface area contributed by atoms with Crippen LogP contribution in [0.2, 0.25) is 0 Å². The Hall–Kier alpha value is -2.99. The fourth-order valence-electron chi connectivity index (χ4n) is 3.86. The molecule has 0 atom stereocenters. The number of carbonyl (C=O) groups is 1. The highest BCUT2D eigenvalue weighted by atomic mass is 19.1. The van der Waals surface area contributed by atoms with Gasteiger partial charge in [0.05, 0.1) is 17.9 Å². The predicted molar refractivity (Wildman–Crippen MR) is 106 cm³/mol. The van der Waals surface area contributed by atoms with Crippen LogP contribution in [0.3, 0.4) is 0 Å². The normalized spacial score (nSPS) is 15.1. The third-order valence-corrected chi connectivity index (χ3v) is 5.43. The fourth-order valence-corrected chi connectivity index (χ4v) is 3.86. The third kappa shape index (κ3) is 4.07. The number of furan rings is 1. The molecule has 3 aromatic rings. The topological polar surface area (TPSA) is 36.7 Å². The lowest BCUT2D eigenvalue weighted by Crippen LogP contribution is -2.49. The molecule has 0 spiro atoms. The van der Waals surface area contributed by atoms with Gasteiger partial charge in [0, 0.05) is 26.2 Å². The van der Waals surface area contributed by atoms with Gasteiger partial charge in [-0.3, -0.25) is 9.69 Å². The second-order valence-electron chi connectivity index (χ2n) is 7.22. The van der Waals surface area contributed by atoms with Crippen molar-refractivity contribution in [1.29, 1.82) is 0 Å². The molecule has 1 fully saturated rings. The molecular weight excluding hydrogens is 374 g/mol. The Morgan fingerprint density at radius 1 is 0.862 bits per heavy atom. The number of piperazine rings is 1. The molecule has 1 aromatic heterocycles. The number of hydrogen-bond donors (Lipinski definition) is 0. The van der Waals surface area contributed by atoms with Gasteiger partial charge in [-0.1, -0.05) is 24.3 Å². The largest absolute Gasteiger partial charge is 0.469 e. The number of carbonyl (C=O) groups excluding carboxylic acids is 1. The van der Waals surface area contributed by atoms with E-state index >= 15 is 0 Å². The van der Waals surface area contributed by atoms with Crippen molar-refractivity contribution in [1.82, 2.24) is 9.80 Å². The zero-order valence-electron chi connectivity index (χ0n) is 16.1. The summed E-state index contributed by atoms with van der Waals surface area (Å²) < 4.78 is 32.1. The average Bonchev–Trinajstić information content (AvgIpc) is 3.17. The van der Waals surface area contributed by atoms with Gasteiger partial charge in [-0.05, 0) is 48.4 Å². The van der Waals surface area contributed by atoms with E-state index in [1.54, 1.807) is 37.3 Å². The minimum Gasteiger partial charge on any atom is -0.469 e. The molecule has 2 aromatic carbocycles. The van der Waals surface area contributed by atoms with Gasteiger partial charge in [-0.2, -0.15) is 0 Å². The van der Waals surface area contributed by atoms with E-state index in [0.717, 1.165) is 11.1 Å². The van der Waals surface area contributed by atoms with Gasteiger partial charge < -0.3 is 9.32 Å². The van der Waals surface area contributed by atoms with Crippen LogP contribution in [0.5, 0.6) is 0 Å². The summed E-state index contributed by atoms with van der Waals surface area (Å²) in [5, 5.41) is 0. The highest BCUT2D eigenvalue weighted by molar-refractivity contribution is 5.95. The summed E-state index contributed by atoms with van der Waals surface area (Å²) in [5.41, 5.74) is 2.46. The Labute approximate surface area is 168 Å². The van der Waals surface area contributed by atoms with Gasteiger partial charge in [0.25, 0.3) is 5.91 Å². The summed E-state index contributed by atoms with van der Waals surface area (Å²) in [6.45, 7) is 4.23. The summed E-state index contributed by atoms with van der Waals surface area (Å²) in [7, 11) is 0. The quantitative estimate of drug-likeness (QED) is 0.655. The van der Waals surface area contributed by atoms with Crippen LogP contribution in [0.4, 0.5) is 8.78 Å². The number of hydrogen-bond acceptors (Lipinski definition) is 3. The molecule has 150 valence electrons. The van der Waals surface area contributed by atoms with E-state index in [4.69, 9.17) is 4.42 Å². The Balaban J connectivity index is 1.55. The molecule has 4 nitrogen and oxygen atoms in total. The molecule has 0 saturated carbocycles. The van der Waals surface area contributed by atoms with Crippen molar-refractivity contribution in [3.05, 3.63) is 94.9 Å². The first kappa shape index (κ1) is 19.3. The second kappa shape index (κ2) is 8.17. The first-order valence-corrected chi connectivity index (χ1v) is 9.61. The van der Waals surface area contributed by atoms with Gasteiger partial charge in [0.2, 0.25) is 0 Å². The smallest absolute Gasteiger partial charge is 0.257 e. The molecule has 0 unspecified atom stereocenters. The van der Waals surface area contributed by atoms with Crippen LogP contribution in [-0.4, -0.2) is 41.9 Å². The van der Waals surface area contributed by atoms with Gasteiger partial charge in [-0.25, -0.2) is 8.78 Å². The van der Waals surface area contributed by atoms with Crippen molar-refractivity contribution in [3.8, 4) is 0 Å². The number of aryl methyl sites for hydroxylation is 1. The van der Waals surface area contributed by atoms with E-state index in [1.165, 1.54) is 30.5 Å². The van der Waals surface area contributed by atoms with E-state index < -0.39 is 0 Å². The zero-order chi connectivity index (χ0) is 20.4. The molecule has 1 saturated heterocycles. The van der Waals surface area contributed by atoms with Crippen LogP contribution in [0.15, 0.2) is 65.3 Å². The molecule has 1 aliphatic rings. The average molecular weight is 396 g/mol. The Morgan fingerprint density at radius 3 is 1.83 bits per heavy atom. The van der Waals surface area contributed by atoms with Crippen LogP contribution in [-0.2, 0) is 0 Å². The number of nitrogens with zero attached hydrogens (tertiary/aromatic N) is 2. The summed E-state index contributed by atoms with van der Waals surface area (Å²) in [6, 6.07) is 14.4. The molecule has 0 radical (unpaired) electrons. The van der Waals surface area contributed by atoms with Crippen molar-refractivity contribution in [3.63, 3.8) is 0 Å². The van der Waals surface area contributed by atoms with E-state index in [0.29, 0.717) is 37.5 Å². The number of rotatable bonds is 4. The van der Waals surface area contributed by atoms with Crippen molar-refractivity contribution in [2.75, 3.05) is 26.2 Å². The number of benzene rings is 2. The molecule has 1 aliphatic heterocycles. The highest BCUT2D eigenvalue weighted by Gasteiger charge is 2.29. The van der Waals surface area contributed by atoms with E-state index in [-0.39, 0.29) is 23.6 Å². The van der Waals surface area contributed by atoms with Gasteiger partial charge in [0.15, 0.2) is 0 Å². The first-order chi connectivity index (χ1) is 14.0. The van der Waals surface area contributed by atoms with Crippen LogP contribution in [0.25, 0.3) is 0 Å².